The minimum Gasteiger partial charge on any atom is -0.494 e. The summed E-state index contributed by atoms with van der Waals surface area (Å²) in [6.07, 6.45) is 0.458. The van der Waals surface area contributed by atoms with Crippen LogP contribution in [0.4, 0.5) is 0 Å². The number of fused-ring (bicyclic) bond motifs is 1. The zero-order valence-electron chi connectivity index (χ0n) is 19.4. The highest BCUT2D eigenvalue weighted by atomic mass is 16.5. The maximum atomic E-state index is 13.6. The third-order valence-electron chi connectivity index (χ3n) is 6.36. The van der Waals surface area contributed by atoms with Gasteiger partial charge in [0.2, 0.25) is 5.91 Å². The third-order valence-corrected chi connectivity index (χ3v) is 6.36. The van der Waals surface area contributed by atoms with E-state index < -0.39 is 5.54 Å². The van der Waals surface area contributed by atoms with E-state index in [2.05, 4.69) is 5.32 Å². The molecule has 0 radical (unpaired) electrons. The fourth-order valence-electron chi connectivity index (χ4n) is 4.43. The van der Waals surface area contributed by atoms with Gasteiger partial charge in [-0.2, -0.15) is 0 Å². The maximum Gasteiger partial charge on any atom is 0.255 e. The summed E-state index contributed by atoms with van der Waals surface area (Å²) >= 11 is 0. The molecule has 4 rings (SSSR count). The number of rotatable bonds is 7. The van der Waals surface area contributed by atoms with Gasteiger partial charge >= 0.3 is 0 Å². The molecule has 1 unspecified atom stereocenters. The summed E-state index contributed by atoms with van der Waals surface area (Å²) in [6.45, 7) is 7.14. The predicted octanol–water partition coefficient (Wildman–Crippen LogP) is 4.67. The van der Waals surface area contributed by atoms with E-state index in [-0.39, 0.29) is 11.8 Å². The molecule has 0 saturated carbocycles. The van der Waals surface area contributed by atoms with Crippen LogP contribution in [0.25, 0.3) is 0 Å². The van der Waals surface area contributed by atoms with Crippen LogP contribution in [0.1, 0.15) is 46.5 Å². The molecule has 2 amide bonds. The molecule has 0 bridgehead atoms. The molecule has 5 heteroatoms. The summed E-state index contributed by atoms with van der Waals surface area (Å²) in [7, 11) is 0. The van der Waals surface area contributed by atoms with Crippen molar-refractivity contribution in [2.24, 2.45) is 0 Å². The monoisotopic (exact) mass is 442 g/mol. The molecule has 1 aliphatic rings. The van der Waals surface area contributed by atoms with Crippen molar-refractivity contribution >= 4 is 11.8 Å². The van der Waals surface area contributed by atoms with Crippen LogP contribution in [-0.2, 0) is 24.3 Å². The average molecular weight is 443 g/mol. The van der Waals surface area contributed by atoms with Crippen LogP contribution in [0.3, 0.4) is 0 Å². The van der Waals surface area contributed by atoms with Crippen LogP contribution in [-0.4, -0.2) is 28.9 Å². The highest BCUT2D eigenvalue weighted by molar-refractivity contribution is 6.02. The van der Waals surface area contributed by atoms with Crippen LogP contribution >= 0.6 is 0 Å². The van der Waals surface area contributed by atoms with Crippen LogP contribution in [0, 0.1) is 6.92 Å². The zero-order valence-corrected chi connectivity index (χ0v) is 19.4. The molecular formula is C28H30N2O3. The number of aryl methyl sites for hydroxylation is 1. The fraction of sp³-hybridized carbons (Fsp3) is 0.286. The topological polar surface area (TPSA) is 58.6 Å². The van der Waals surface area contributed by atoms with Crippen molar-refractivity contribution in [1.82, 2.24) is 10.2 Å². The van der Waals surface area contributed by atoms with Crippen LogP contribution in [0.5, 0.6) is 5.75 Å². The number of benzene rings is 3. The summed E-state index contributed by atoms with van der Waals surface area (Å²) in [4.78, 5) is 28.9. The van der Waals surface area contributed by atoms with Crippen LogP contribution in [0.2, 0.25) is 0 Å². The smallest absolute Gasteiger partial charge is 0.255 e. The first-order valence-electron chi connectivity index (χ1n) is 11.4. The molecule has 5 nitrogen and oxygen atoms in total. The number of hydrogen-bond acceptors (Lipinski definition) is 3. The Morgan fingerprint density at radius 2 is 1.82 bits per heavy atom. The van der Waals surface area contributed by atoms with Gasteiger partial charge in [0.1, 0.15) is 11.3 Å². The predicted molar refractivity (Wildman–Crippen MR) is 129 cm³/mol. The standard InChI is InChI=1S/C28H30N2O3/c1-4-33-24-14-9-11-21(16-24)19-30-26(31)25-15-8-7-12-22(25)17-28(30,3)27(32)29-18-23-13-6-5-10-20(23)2/h5-16H,4,17-19H2,1-3H3,(H,29,32). The van der Waals surface area contributed by atoms with Gasteiger partial charge in [0.15, 0.2) is 0 Å². The quantitative estimate of drug-likeness (QED) is 0.579. The van der Waals surface area contributed by atoms with E-state index in [0.29, 0.717) is 31.7 Å². The number of nitrogens with zero attached hydrogens (tertiary/aromatic N) is 1. The Morgan fingerprint density at radius 1 is 1.06 bits per heavy atom. The van der Waals surface area contributed by atoms with E-state index in [0.717, 1.165) is 28.0 Å². The molecule has 0 aromatic heterocycles. The second-order valence-corrected chi connectivity index (χ2v) is 8.69. The van der Waals surface area contributed by atoms with E-state index >= 15 is 0 Å². The number of ether oxygens (including phenoxy) is 1. The molecule has 1 N–H and O–H groups in total. The highest BCUT2D eigenvalue weighted by Gasteiger charge is 2.46. The number of hydrogen-bond donors (Lipinski definition) is 1. The summed E-state index contributed by atoms with van der Waals surface area (Å²) in [5, 5.41) is 3.09. The molecule has 1 heterocycles. The number of carbonyl (C=O) groups excluding carboxylic acids is 2. The van der Waals surface area contributed by atoms with Crippen LogP contribution < -0.4 is 10.1 Å². The van der Waals surface area contributed by atoms with E-state index in [1.165, 1.54) is 0 Å². The first-order chi connectivity index (χ1) is 15.9. The molecule has 0 spiro atoms. The number of nitrogens with one attached hydrogen (secondary N) is 1. The second kappa shape index (κ2) is 9.49. The Bertz CT molecular complexity index is 1170. The summed E-state index contributed by atoms with van der Waals surface area (Å²) in [5.74, 6) is 0.465. The molecule has 1 aliphatic heterocycles. The van der Waals surface area contributed by atoms with Crippen molar-refractivity contribution in [3.63, 3.8) is 0 Å². The van der Waals surface area contributed by atoms with Gasteiger partial charge in [0, 0.05) is 25.1 Å². The van der Waals surface area contributed by atoms with Gasteiger partial charge in [-0.05, 0) is 61.2 Å². The van der Waals surface area contributed by atoms with Crippen molar-refractivity contribution in [2.75, 3.05) is 6.61 Å². The first kappa shape index (κ1) is 22.6. The summed E-state index contributed by atoms with van der Waals surface area (Å²) in [6, 6.07) is 23.3. The van der Waals surface area contributed by atoms with E-state index in [9.17, 15) is 9.59 Å². The minimum absolute atomic E-state index is 0.132. The van der Waals surface area contributed by atoms with Gasteiger partial charge in [0.25, 0.3) is 5.91 Å². The second-order valence-electron chi connectivity index (χ2n) is 8.69. The van der Waals surface area contributed by atoms with Gasteiger partial charge in [-0.1, -0.05) is 54.6 Å². The molecule has 0 fully saturated rings. The van der Waals surface area contributed by atoms with E-state index in [4.69, 9.17) is 4.74 Å². The van der Waals surface area contributed by atoms with Gasteiger partial charge in [-0.3, -0.25) is 9.59 Å². The number of carbonyl (C=O) groups is 2. The highest BCUT2D eigenvalue weighted by Crippen LogP contribution is 2.33. The SMILES string of the molecule is CCOc1cccc(CN2C(=O)c3ccccc3CC2(C)C(=O)NCc2ccccc2C)c1. The van der Waals surface area contributed by atoms with Crippen molar-refractivity contribution < 1.29 is 14.3 Å². The Balaban J connectivity index is 1.65. The summed E-state index contributed by atoms with van der Waals surface area (Å²) in [5.41, 5.74) is 3.64. The van der Waals surface area contributed by atoms with Crippen molar-refractivity contribution in [2.45, 2.75) is 45.8 Å². The average Bonchev–Trinajstić information content (AvgIpc) is 2.81. The lowest BCUT2D eigenvalue weighted by atomic mass is 9.82. The molecule has 0 saturated heterocycles. The van der Waals surface area contributed by atoms with Gasteiger partial charge < -0.3 is 15.0 Å². The Labute approximate surface area is 195 Å². The first-order valence-corrected chi connectivity index (χ1v) is 11.4. The van der Waals surface area contributed by atoms with Crippen molar-refractivity contribution in [3.8, 4) is 5.75 Å². The largest absolute Gasteiger partial charge is 0.494 e. The van der Waals surface area contributed by atoms with Crippen molar-refractivity contribution in [1.29, 1.82) is 0 Å². The van der Waals surface area contributed by atoms with E-state index in [1.54, 1.807) is 4.90 Å². The normalized spacial score (nSPS) is 17.4. The molecule has 170 valence electrons. The Kier molecular flexibility index (Phi) is 6.50. The third kappa shape index (κ3) is 4.63. The molecule has 0 aliphatic carbocycles. The molecule has 1 atom stereocenters. The zero-order chi connectivity index (χ0) is 23.4. The lowest BCUT2D eigenvalue weighted by molar-refractivity contribution is -0.132. The van der Waals surface area contributed by atoms with E-state index in [1.807, 2.05) is 93.6 Å². The van der Waals surface area contributed by atoms with Gasteiger partial charge in [0.05, 0.1) is 6.61 Å². The Hall–Kier alpha value is -3.60. The molecule has 33 heavy (non-hydrogen) atoms. The Morgan fingerprint density at radius 3 is 2.61 bits per heavy atom. The maximum absolute atomic E-state index is 13.6. The molecule has 3 aromatic carbocycles. The minimum atomic E-state index is -1.02. The lowest BCUT2D eigenvalue weighted by Crippen LogP contribution is -2.62. The number of amides is 2. The molecule has 3 aromatic rings. The molecular weight excluding hydrogens is 412 g/mol. The van der Waals surface area contributed by atoms with Gasteiger partial charge in [-0.25, -0.2) is 0 Å². The van der Waals surface area contributed by atoms with Crippen molar-refractivity contribution in [3.05, 3.63) is 101 Å². The van der Waals surface area contributed by atoms with Gasteiger partial charge in [-0.15, -0.1) is 0 Å². The van der Waals surface area contributed by atoms with Crippen LogP contribution in [0.15, 0.2) is 72.8 Å². The lowest BCUT2D eigenvalue weighted by Gasteiger charge is -2.44. The summed E-state index contributed by atoms with van der Waals surface area (Å²) < 4.78 is 5.63. The fourth-order valence-corrected chi connectivity index (χ4v) is 4.43.